The number of nitrogens with zero attached hydrogens (tertiary/aromatic N) is 2. The molecule has 120 valence electrons. The van der Waals surface area contributed by atoms with Gasteiger partial charge in [-0.15, -0.1) is 0 Å². The van der Waals surface area contributed by atoms with Crippen molar-refractivity contribution in [3.05, 3.63) is 12.3 Å². The second-order valence-corrected chi connectivity index (χ2v) is 7.47. The minimum atomic E-state index is 0.149. The van der Waals surface area contributed by atoms with E-state index < -0.39 is 0 Å². The summed E-state index contributed by atoms with van der Waals surface area (Å²) in [5.74, 6) is 2.28. The third-order valence-corrected chi connectivity index (χ3v) is 5.67. The normalized spacial score (nSPS) is 32.0. The maximum absolute atomic E-state index is 12.4. The Morgan fingerprint density at radius 2 is 2.09 bits per heavy atom. The summed E-state index contributed by atoms with van der Waals surface area (Å²) in [5.41, 5.74) is 0. The van der Waals surface area contributed by atoms with E-state index in [1.165, 1.54) is 25.7 Å². The van der Waals surface area contributed by atoms with Crippen LogP contribution in [0.15, 0.2) is 12.3 Å². The van der Waals surface area contributed by atoms with Crippen molar-refractivity contribution < 1.29 is 4.79 Å². The van der Waals surface area contributed by atoms with Gasteiger partial charge in [-0.3, -0.25) is 4.79 Å². The van der Waals surface area contributed by atoms with Crippen molar-refractivity contribution in [1.29, 1.82) is 0 Å². The summed E-state index contributed by atoms with van der Waals surface area (Å²) in [6.45, 7) is 2.20. The Kier molecular flexibility index (Phi) is 3.68. The van der Waals surface area contributed by atoms with Crippen LogP contribution >= 0.6 is 0 Å². The van der Waals surface area contributed by atoms with Gasteiger partial charge >= 0.3 is 0 Å². The average Bonchev–Trinajstić information content (AvgIpc) is 3.16. The first kappa shape index (κ1) is 14.2. The number of hydrogen-bond acceptors (Lipinski definition) is 3. The van der Waals surface area contributed by atoms with E-state index in [1.807, 2.05) is 10.7 Å². The quantitative estimate of drug-likeness (QED) is 0.879. The molecule has 3 atom stereocenters. The van der Waals surface area contributed by atoms with Crippen LogP contribution in [0.25, 0.3) is 0 Å². The summed E-state index contributed by atoms with van der Waals surface area (Å²) in [6, 6.07) is 3.61. The fourth-order valence-electron chi connectivity index (χ4n) is 4.31. The number of piperidine rings is 1. The van der Waals surface area contributed by atoms with Crippen LogP contribution in [0.1, 0.15) is 57.9 Å². The van der Waals surface area contributed by atoms with Crippen molar-refractivity contribution in [2.45, 2.75) is 70.0 Å². The van der Waals surface area contributed by atoms with Crippen LogP contribution in [0, 0.1) is 11.8 Å². The molecule has 1 aromatic heterocycles. The van der Waals surface area contributed by atoms with E-state index in [4.69, 9.17) is 0 Å². The van der Waals surface area contributed by atoms with E-state index in [1.54, 1.807) is 6.20 Å². The van der Waals surface area contributed by atoms with Crippen LogP contribution in [0.3, 0.4) is 0 Å². The molecule has 0 spiro atoms. The van der Waals surface area contributed by atoms with Crippen LogP contribution in [0.5, 0.6) is 0 Å². The lowest BCUT2D eigenvalue weighted by atomic mass is 9.89. The summed E-state index contributed by atoms with van der Waals surface area (Å²) in [5, 5.41) is 11.1. The number of fused-ring (bicyclic) bond motifs is 2. The predicted molar refractivity (Wildman–Crippen MR) is 85.6 cm³/mol. The first-order valence-corrected chi connectivity index (χ1v) is 8.78. The molecule has 3 aliphatic rings. The maximum atomic E-state index is 12.4. The fourth-order valence-corrected chi connectivity index (χ4v) is 4.31. The third-order valence-electron chi connectivity index (χ3n) is 5.67. The molecule has 2 N–H and O–H groups in total. The second kappa shape index (κ2) is 5.69. The van der Waals surface area contributed by atoms with Gasteiger partial charge in [0.1, 0.15) is 5.82 Å². The van der Waals surface area contributed by atoms with Crippen molar-refractivity contribution in [2.75, 3.05) is 5.32 Å². The lowest BCUT2D eigenvalue weighted by molar-refractivity contribution is -0.117. The van der Waals surface area contributed by atoms with Crippen molar-refractivity contribution in [3.8, 4) is 0 Å². The van der Waals surface area contributed by atoms with Crippen LogP contribution in [-0.2, 0) is 4.79 Å². The van der Waals surface area contributed by atoms with Crippen LogP contribution in [0.2, 0.25) is 0 Å². The molecule has 0 radical (unpaired) electrons. The molecular formula is C17H26N4O. The van der Waals surface area contributed by atoms with Crippen molar-refractivity contribution in [3.63, 3.8) is 0 Å². The molecular weight excluding hydrogens is 276 g/mol. The summed E-state index contributed by atoms with van der Waals surface area (Å²) in [4.78, 5) is 12.4. The number of hydrogen-bond donors (Lipinski definition) is 2. The molecule has 2 bridgehead atoms. The first-order chi connectivity index (χ1) is 10.7. The van der Waals surface area contributed by atoms with Gasteiger partial charge in [0.15, 0.2) is 0 Å². The van der Waals surface area contributed by atoms with Crippen molar-refractivity contribution in [2.24, 2.45) is 11.8 Å². The molecule has 4 rings (SSSR count). The molecule has 1 aliphatic carbocycles. The van der Waals surface area contributed by atoms with Crippen molar-refractivity contribution in [1.82, 2.24) is 15.1 Å². The Morgan fingerprint density at radius 3 is 2.77 bits per heavy atom. The molecule has 2 aliphatic heterocycles. The lowest BCUT2D eigenvalue weighted by Gasteiger charge is -2.28. The van der Waals surface area contributed by atoms with Gasteiger partial charge < -0.3 is 10.6 Å². The Morgan fingerprint density at radius 1 is 1.36 bits per heavy atom. The van der Waals surface area contributed by atoms with Gasteiger partial charge in [-0.25, -0.2) is 4.68 Å². The highest BCUT2D eigenvalue weighted by Crippen LogP contribution is 2.40. The topological polar surface area (TPSA) is 59.0 Å². The first-order valence-electron chi connectivity index (χ1n) is 8.78. The molecule has 5 nitrogen and oxygen atoms in total. The number of rotatable bonds is 5. The summed E-state index contributed by atoms with van der Waals surface area (Å²) in [7, 11) is 0. The zero-order chi connectivity index (χ0) is 15.1. The predicted octanol–water partition coefficient (Wildman–Crippen LogP) is 2.71. The van der Waals surface area contributed by atoms with Gasteiger partial charge in [0.05, 0.1) is 12.2 Å². The van der Waals surface area contributed by atoms with Crippen LogP contribution < -0.4 is 10.6 Å². The van der Waals surface area contributed by atoms with E-state index in [2.05, 4.69) is 22.7 Å². The van der Waals surface area contributed by atoms with E-state index in [0.717, 1.165) is 24.6 Å². The van der Waals surface area contributed by atoms with Gasteiger partial charge in [-0.1, -0.05) is 0 Å². The fraction of sp³-hybridized carbons (Fsp3) is 0.765. The van der Waals surface area contributed by atoms with Gasteiger partial charge in [0.2, 0.25) is 5.91 Å². The molecule has 3 fully saturated rings. The smallest absolute Gasteiger partial charge is 0.225 e. The van der Waals surface area contributed by atoms with E-state index in [9.17, 15) is 4.79 Å². The monoisotopic (exact) mass is 302 g/mol. The standard InChI is InChI=1S/C17H26N4O/c1-11(13-2-3-13)21-16(6-7-18-21)20-17(22)10-12-8-14-4-5-15(9-12)19-14/h6-7,11-15,19H,2-5,8-10H2,1H3,(H,20,22). The van der Waals surface area contributed by atoms with E-state index in [0.29, 0.717) is 30.5 Å². The number of carbonyl (C=O) groups excluding carboxylic acids is 1. The number of amides is 1. The molecule has 0 aromatic carbocycles. The largest absolute Gasteiger partial charge is 0.311 e. The molecule has 3 unspecified atom stereocenters. The number of aromatic nitrogens is 2. The summed E-state index contributed by atoms with van der Waals surface area (Å²) < 4.78 is 1.99. The lowest BCUT2D eigenvalue weighted by Crippen LogP contribution is -2.39. The number of carbonyl (C=O) groups is 1. The minimum absolute atomic E-state index is 0.149. The SMILES string of the molecule is CC(C1CC1)n1nccc1NC(=O)CC1CC2CCC(C1)N2. The molecule has 3 heterocycles. The third kappa shape index (κ3) is 2.91. The van der Waals surface area contributed by atoms with Gasteiger partial charge in [-0.05, 0) is 57.3 Å². The number of anilines is 1. The van der Waals surface area contributed by atoms with Crippen LogP contribution in [0.4, 0.5) is 5.82 Å². The average molecular weight is 302 g/mol. The van der Waals surface area contributed by atoms with Gasteiger partial charge in [0.25, 0.3) is 0 Å². The molecule has 1 amide bonds. The highest BCUT2D eigenvalue weighted by molar-refractivity contribution is 5.90. The zero-order valence-electron chi connectivity index (χ0n) is 13.3. The second-order valence-electron chi connectivity index (χ2n) is 7.47. The highest BCUT2D eigenvalue weighted by atomic mass is 16.1. The van der Waals surface area contributed by atoms with E-state index in [-0.39, 0.29) is 5.91 Å². The van der Waals surface area contributed by atoms with Crippen molar-refractivity contribution >= 4 is 11.7 Å². The number of nitrogens with one attached hydrogen (secondary N) is 2. The van der Waals surface area contributed by atoms with Crippen LogP contribution in [-0.4, -0.2) is 27.8 Å². The summed E-state index contributed by atoms with van der Waals surface area (Å²) >= 11 is 0. The maximum Gasteiger partial charge on any atom is 0.225 e. The molecule has 1 aromatic rings. The molecule has 2 saturated heterocycles. The minimum Gasteiger partial charge on any atom is -0.311 e. The molecule has 22 heavy (non-hydrogen) atoms. The summed E-state index contributed by atoms with van der Waals surface area (Å²) in [6.07, 6.45) is 9.89. The molecule has 5 heteroatoms. The van der Waals surface area contributed by atoms with E-state index >= 15 is 0 Å². The Balaban J connectivity index is 1.35. The Bertz CT molecular complexity index is 539. The van der Waals surface area contributed by atoms with Gasteiger partial charge in [0, 0.05) is 24.6 Å². The zero-order valence-corrected chi connectivity index (χ0v) is 13.3. The highest BCUT2D eigenvalue weighted by Gasteiger charge is 2.34. The Hall–Kier alpha value is -1.36. The Labute approximate surface area is 131 Å². The van der Waals surface area contributed by atoms with Gasteiger partial charge in [-0.2, -0.15) is 5.10 Å². The molecule has 1 saturated carbocycles.